The summed E-state index contributed by atoms with van der Waals surface area (Å²) in [4.78, 5) is 2.51. The van der Waals surface area contributed by atoms with Gasteiger partial charge in [0.05, 0.1) is 0 Å². The summed E-state index contributed by atoms with van der Waals surface area (Å²) in [5.74, 6) is 0.990. The summed E-state index contributed by atoms with van der Waals surface area (Å²) in [6, 6.07) is 0. The van der Waals surface area contributed by atoms with Gasteiger partial charge in [0.15, 0.2) is 0 Å². The van der Waals surface area contributed by atoms with Gasteiger partial charge >= 0.3 is 0 Å². The molecule has 0 bridgehead atoms. The highest BCUT2D eigenvalue weighted by atomic mass is 32.2. The van der Waals surface area contributed by atoms with Crippen molar-refractivity contribution in [2.24, 2.45) is 0 Å². The first-order valence-electron chi connectivity index (χ1n) is 4.21. The molecule has 2 unspecified atom stereocenters. The molecule has 0 aliphatic carbocycles. The molecule has 2 atom stereocenters. The molecule has 1 aliphatic rings. The first-order valence-corrected chi connectivity index (χ1v) is 5.78. The van der Waals surface area contributed by atoms with Gasteiger partial charge in [0.2, 0.25) is 0 Å². The topological polar surface area (TPSA) is 3.24 Å². The van der Waals surface area contributed by atoms with Crippen LogP contribution < -0.4 is 0 Å². The molecule has 0 amide bonds. The largest absolute Gasteiger partial charge is 0.300 e. The first-order chi connectivity index (χ1) is 5.22. The van der Waals surface area contributed by atoms with Gasteiger partial charge in [-0.15, -0.1) is 0 Å². The molecule has 1 rings (SSSR count). The molecule has 66 valence electrons. The van der Waals surface area contributed by atoms with Crippen molar-refractivity contribution < 1.29 is 0 Å². The summed E-state index contributed by atoms with van der Waals surface area (Å²) in [5.41, 5.74) is 0. The molecular formula is C8H17NS2. The Bertz CT molecular complexity index is 109. The number of rotatable bonds is 2. The van der Waals surface area contributed by atoms with E-state index in [9.17, 15) is 0 Å². The van der Waals surface area contributed by atoms with Gasteiger partial charge in [-0.3, -0.25) is 0 Å². The Morgan fingerprint density at radius 1 is 1.36 bits per heavy atom. The average Bonchev–Trinajstić information content (AvgIpc) is 1.85. The van der Waals surface area contributed by atoms with E-state index < -0.39 is 0 Å². The van der Waals surface area contributed by atoms with Crippen LogP contribution in [0.4, 0.5) is 0 Å². The van der Waals surface area contributed by atoms with Crippen molar-refractivity contribution in [1.29, 1.82) is 0 Å². The monoisotopic (exact) mass is 191 g/mol. The van der Waals surface area contributed by atoms with Crippen LogP contribution in [0, 0.1) is 0 Å². The lowest BCUT2D eigenvalue weighted by Gasteiger charge is -2.34. The maximum atomic E-state index is 4.24. The van der Waals surface area contributed by atoms with Crippen molar-refractivity contribution in [2.75, 3.05) is 25.4 Å². The normalized spacial score (nSPS) is 34.1. The van der Waals surface area contributed by atoms with E-state index in [-0.39, 0.29) is 0 Å². The number of hydrogen-bond acceptors (Lipinski definition) is 3. The molecule has 1 saturated heterocycles. The fourth-order valence-electron chi connectivity index (χ4n) is 1.61. The lowest BCUT2D eigenvalue weighted by atomic mass is 10.3. The summed E-state index contributed by atoms with van der Waals surface area (Å²) in [6.45, 7) is 8.27. The molecule has 1 fully saturated rings. The lowest BCUT2D eigenvalue weighted by Crippen LogP contribution is -2.41. The van der Waals surface area contributed by atoms with E-state index in [0.717, 1.165) is 22.8 Å². The summed E-state index contributed by atoms with van der Waals surface area (Å²) in [7, 11) is 0. The van der Waals surface area contributed by atoms with E-state index in [1.165, 1.54) is 13.1 Å². The second-order valence-electron chi connectivity index (χ2n) is 3.24. The smallest absolute Gasteiger partial charge is 0.0149 e. The molecule has 0 N–H and O–H groups in total. The third kappa shape index (κ3) is 3.26. The van der Waals surface area contributed by atoms with Gasteiger partial charge in [-0.2, -0.15) is 24.4 Å². The lowest BCUT2D eigenvalue weighted by molar-refractivity contribution is 0.288. The highest BCUT2D eigenvalue weighted by Gasteiger charge is 2.20. The standard InChI is InChI=1S/C8H17NS2/c1-7-5-9(3-4-10)6-8(2)11-7/h7-8,10H,3-6H2,1-2H3. The van der Waals surface area contributed by atoms with E-state index in [4.69, 9.17) is 0 Å². The summed E-state index contributed by atoms with van der Waals surface area (Å²) in [6.07, 6.45) is 0. The minimum absolute atomic E-state index is 0.804. The fourth-order valence-corrected chi connectivity index (χ4v) is 3.28. The van der Waals surface area contributed by atoms with Crippen molar-refractivity contribution in [2.45, 2.75) is 24.3 Å². The van der Waals surface area contributed by atoms with Crippen molar-refractivity contribution >= 4 is 24.4 Å². The maximum absolute atomic E-state index is 4.24. The molecule has 1 heterocycles. The first kappa shape index (κ1) is 9.75. The van der Waals surface area contributed by atoms with Crippen molar-refractivity contribution in [3.05, 3.63) is 0 Å². The van der Waals surface area contributed by atoms with Gasteiger partial charge in [0, 0.05) is 35.9 Å². The van der Waals surface area contributed by atoms with E-state index in [1.807, 2.05) is 0 Å². The molecular weight excluding hydrogens is 174 g/mol. The third-order valence-electron chi connectivity index (χ3n) is 1.91. The molecule has 3 heteroatoms. The molecule has 0 spiro atoms. The molecule has 0 saturated carbocycles. The second-order valence-corrected chi connectivity index (χ2v) is 5.57. The molecule has 11 heavy (non-hydrogen) atoms. The van der Waals surface area contributed by atoms with Gasteiger partial charge in [0.1, 0.15) is 0 Å². The molecule has 1 nitrogen and oxygen atoms in total. The van der Waals surface area contributed by atoms with E-state index >= 15 is 0 Å². The number of nitrogens with zero attached hydrogens (tertiary/aromatic N) is 1. The van der Waals surface area contributed by atoms with E-state index in [0.29, 0.717) is 0 Å². The summed E-state index contributed by atoms with van der Waals surface area (Å²) in [5, 5.41) is 1.61. The number of hydrogen-bond donors (Lipinski definition) is 1. The molecule has 1 aliphatic heterocycles. The van der Waals surface area contributed by atoms with Crippen LogP contribution in [0.25, 0.3) is 0 Å². The Labute approximate surface area is 79.3 Å². The van der Waals surface area contributed by atoms with Crippen LogP contribution in [-0.2, 0) is 0 Å². The van der Waals surface area contributed by atoms with Crippen LogP contribution in [0.5, 0.6) is 0 Å². The predicted octanol–water partition coefficient (Wildman–Crippen LogP) is 1.74. The highest BCUT2D eigenvalue weighted by molar-refractivity contribution is 8.00. The SMILES string of the molecule is CC1CN(CCS)CC(C)S1. The predicted molar refractivity (Wildman–Crippen MR) is 56.8 cm³/mol. The Morgan fingerprint density at radius 3 is 2.36 bits per heavy atom. The zero-order valence-electron chi connectivity index (χ0n) is 7.29. The highest BCUT2D eigenvalue weighted by Crippen LogP contribution is 2.24. The van der Waals surface area contributed by atoms with Crippen LogP contribution in [0.2, 0.25) is 0 Å². The Kier molecular flexibility index (Phi) is 4.10. The zero-order valence-corrected chi connectivity index (χ0v) is 9.00. The van der Waals surface area contributed by atoms with Gasteiger partial charge in [0.25, 0.3) is 0 Å². The Morgan fingerprint density at radius 2 is 1.91 bits per heavy atom. The summed E-state index contributed by atoms with van der Waals surface area (Å²) < 4.78 is 0. The Hall–Kier alpha value is 0.660. The third-order valence-corrected chi connectivity index (χ3v) is 3.34. The van der Waals surface area contributed by atoms with Crippen LogP contribution >= 0.6 is 24.4 Å². The van der Waals surface area contributed by atoms with Crippen molar-refractivity contribution in [1.82, 2.24) is 4.90 Å². The minimum atomic E-state index is 0.804. The summed E-state index contributed by atoms with van der Waals surface area (Å²) >= 11 is 6.35. The minimum Gasteiger partial charge on any atom is -0.300 e. The molecule has 0 aromatic rings. The van der Waals surface area contributed by atoms with Gasteiger partial charge < -0.3 is 4.90 Å². The van der Waals surface area contributed by atoms with Crippen LogP contribution in [0.3, 0.4) is 0 Å². The van der Waals surface area contributed by atoms with Crippen molar-refractivity contribution in [3.63, 3.8) is 0 Å². The van der Waals surface area contributed by atoms with Crippen LogP contribution in [0.15, 0.2) is 0 Å². The second kappa shape index (κ2) is 4.63. The van der Waals surface area contributed by atoms with Gasteiger partial charge in [-0.05, 0) is 0 Å². The van der Waals surface area contributed by atoms with Crippen LogP contribution in [0.1, 0.15) is 13.8 Å². The average molecular weight is 191 g/mol. The van der Waals surface area contributed by atoms with Gasteiger partial charge in [-0.1, -0.05) is 13.8 Å². The van der Waals surface area contributed by atoms with E-state index in [1.54, 1.807) is 0 Å². The Balaban J connectivity index is 2.30. The maximum Gasteiger partial charge on any atom is 0.0149 e. The quantitative estimate of drug-likeness (QED) is 0.662. The zero-order chi connectivity index (χ0) is 8.27. The number of thioether (sulfide) groups is 1. The van der Waals surface area contributed by atoms with Crippen molar-refractivity contribution in [3.8, 4) is 0 Å². The fraction of sp³-hybridized carbons (Fsp3) is 1.00. The van der Waals surface area contributed by atoms with Crippen LogP contribution in [-0.4, -0.2) is 40.8 Å². The molecule has 0 aromatic carbocycles. The molecule has 0 radical (unpaired) electrons. The van der Waals surface area contributed by atoms with E-state index in [2.05, 4.69) is 43.1 Å². The molecule has 0 aromatic heterocycles. The van der Waals surface area contributed by atoms with Gasteiger partial charge in [-0.25, -0.2) is 0 Å². The number of thiol groups is 1.